The van der Waals surface area contributed by atoms with Gasteiger partial charge >= 0.3 is 0 Å². The first-order valence-electron chi connectivity index (χ1n) is 8.23. The molecule has 0 heterocycles. The van der Waals surface area contributed by atoms with E-state index in [4.69, 9.17) is 4.74 Å². The minimum Gasteiger partial charge on any atom is -0.494 e. The molecule has 2 aromatic carbocycles. The van der Waals surface area contributed by atoms with E-state index in [1.54, 1.807) is 12.1 Å². The number of hydrogen-bond donors (Lipinski definition) is 1. The molecule has 0 radical (unpaired) electrons. The summed E-state index contributed by atoms with van der Waals surface area (Å²) in [6.07, 6.45) is 0.758. The number of nitrogens with zero attached hydrogens (tertiary/aromatic N) is 1. The van der Waals surface area contributed by atoms with Gasteiger partial charge in [0.1, 0.15) is 11.4 Å². The van der Waals surface area contributed by atoms with Crippen LogP contribution in [-0.4, -0.2) is 17.4 Å². The zero-order valence-corrected chi connectivity index (χ0v) is 14.4. The lowest BCUT2D eigenvalue weighted by Crippen LogP contribution is -2.13. The van der Waals surface area contributed by atoms with E-state index in [-0.39, 0.29) is 23.7 Å². The quantitative estimate of drug-likeness (QED) is 0.434. The van der Waals surface area contributed by atoms with Crippen LogP contribution in [0.2, 0.25) is 0 Å². The van der Waals surface area contributed by atoms with Crippen LogP contribution in [0.5, 0.6) is 5.75 Å². The van der Waals surface area contributed by atoms with Crippen molar-refractivity contribution < 1.29 is 14.5 Å². The Hall–Kier alpha value is -2.89. The molecule has 2 aromatic rings. The molecule has 0 aliphatic rings. The van der Waals surface area contributed by atoms with E-state index in [0.29, 0.717) is 18.9 Å². The molecular formula is C19H22N2O4. The zero-order chi connectivity index (χ0) is 18.2. The van der Waals surface area contributed by atoms with Crippen LogP contribution < -0.4 is 10.1 Å². The number of para-hydroxylation sites is 2. The Balaban J connectivity index is 1.76. The monoisotopic (exact) mass is 342 g/mol. The van der Waals surface area contributed by atoms with E-state index >= 15 is 0 Å². The second-order valence-electron chi connectivity index (χ2n) is 6.00. The third-order valence-corrected chi connectivity index (χ3v) is 3.74. The molecule has 1 N–H and O–H groups in total. The first kappa shape index (κ1) is 18.4. The summed E-state index contributed by atoms with van der Waals surface area (Å²) >= 11 is 0. The summed E-state index contributed by atoms with van der Waals surface area (Å²) in [5.74, 6) is 0.969. The number of nitro benzene ring substituents is 1. The molecule has 0 saturated carbocycles. The van der Waals surface area contributed by atoms with Gasteiger partial charge < -0.3 is 10.1 Å². The standard InChI is InChI=1S/C19H22N2O4/c1-14(2)15-9-11-16(12-10-15)25-13-5-8-19(22)20-17-6-3-4-7-18(17)21(23)24/h3-4,6-7,9-12,14H,5,8,13H2,1-2H3,(H,20,22). The average Bonchev–Trinajstić information content (AvgIpc) is 2.59. The summed E-state index contributed by atoms with van der Waals surface area (Å²) < 4.78 is 5.62. The van der Waals surface area contributed by atoms with Crippen LogP contribution >= 0.6 is 0 Å². The fourth-order valence-corrected chi connectivity index (χ4v) is 2.32. The third-order valence-electron chi connectivity index (χ3n) is 3.74. The van der Waals surface area contributed by atoms with Crippen molar-refractivity contribution >= 4 is 17.3 Å². The summed E-state index contributed by atoms with van der Waals surface area (Å²) in [6, 6.07) is 14.0. The van der Waals surface area contributed by atoms with Gasteiger partial charge in [-0.05, 0) is 36.1 Å². The largest absolute Gasteiger partial charge is 0.494 e. The second-order valence-corrected chi connectivity index (χ2v) is 6.00. The lowest BCUT2D eigenvalue weighted by atomic mass is 10.0. The average molecular weight is 342 g/mol. The molecule has 25 heavy (non-hydrogen) atoms. The predicted octanol–water partition coefficient (Wildman–Crippen LogP) is 4.52. The Morgan fingerprint density at radius 1 is 1.16 bits per heavy atom. The molecule has 0 atom stereocenters. The first-order chi connectivity index (χ1) is 12.0. The smallest absolute Gasteiger partial charge is 0.292 e. The van der Waals surface area contributed by atoms with E-state index in [2.05, 4.69) is 19.2 Å². The summed E-state index contributed by atoms with van der Waals surface area (Å²) in [7, 11) is 0. The van der Waals surface area contributed by atoms with Gasteiger partial charge in [0, 0.05) is 12.5 Å². The van der Waals surface area contributed by atoms with Gasteiger partial charge in [0.15, 0.2) is 0 Å². The molecule has 132 valence electrons. The number of amides is 1. The van der Waals surface area contributed by atoms with Crippen LogP contribution in [0.4, 0.5) is 11.4 Å². The molecule has 0 bridgehead atoms. The van der Waals surface area contributed by atoms with E-state index in [9.17, 15) is 14.9 Å². The predicted molar refractivity (Wildman–Crippen MR) is 97.0 cm³/mol. The number of carbonyl (C=O) groups excluding carboxylic acids is 1. The minimum absolute atomic E-state index is 0.114. The molecule has 2 rings (SSSR count). The number of anilines is 1. The number of benzene rings is 2. The minimum atomic E-state index is -0.514. The van der Waals surface area contributed by atoms with Gasteiger partial charge in [-0.2, -0.15) is 0 Å². The number of carbonyl (C=O) groups is 1. The Labute approximate surface area is 147 Å². The number of nitro groups is 1. The van der Waals surface area contributed by atoms with Crippen molar-refractivity contribution in [3.05, 3.63) is 64.2 Å². The maximum atomic E-state index is 11.9. The molecule has 0 aliphatic carbocycles. The highest BCUT2D eigenvalue weighted by Gasteiger charge is 2.14. The highest BCUT2D eigenvalue weighted by atomic mass is 16.6. The van der Waals surface area contributed by atoms with Crippen molar-refractivity contribution in [1.82, 2.24) is 0 Å². The number of rotatable bonds is 8. The van der Waals surface area contributed by atoms with Crippen molar-refractivity contribution in [1.29, 1.82) is 0 Å². The van der Waals surface area contributed by atoms with Crippen molar-refractivity contribution in [2.75, 3.05) is 11.9 Å². The summed E-state index contributed by atoms with van der Waals surface area (Å²) in [5, 5.41) is 13.5. The highest BCUT2D eigenvalue weighted by Crippen LogP contribution is 2.23. The topological polar surface area (TPSA) is 81.5 Å². The lowest BCUT2D eigenvalue weighted by Gasteiger charge is -2.09. The van der Waals surface area contributed by atoms with E-state index in [1.165, 1.54) is 17.7 Å². The van der Waals surface area contributed by atoms with Gasteiger partial charge in [0.05, 0.1) is 11.5 Å². The second kappa shape index (κ2) is 8.82. The summed E-state index contributed by atoms with van der Waals surface area (Å²) in [6.45, 7) is 4.67. The summed E-state index contributed by atoms with van der Waals surface area (Å²) in [4.78, 5) is 22.3. The number of ether oxygens (including phenoxy) is 1. The number of hydrogen-bond acceptors (Lipinski definition) is 4. The van der Waals surface area contributed by atoms with Crippen molar-refractivity contribution in [2.24, 2.45) is 0 Å². The van der Waals surface area contributed by atoms with E-state index in [0.717, 1.165) is 5.75 Å². The molecule has 0 saturated heterocycles. The number of nitrogens with one attached hydrogen (secondary N) is 1. The normalized spacial score (nSPS) is 10.5. The SMILES string of the molecule is CC(C)c1ccc(OCCCC(=O)Nc2ccccc2[N+](=O)[O-])cc1. The fraction of sp³-hybridized carbons (Fsp3) is 0.316. The van der Waals surface area contributed by atoms with Gasteiger partial charge in [0.2, 0.25) is 5.91 Å². The van der Waals surface area contributed by atoms with Crippen molar-refractivity contribution in [3.63, 3.8) is 0 Å². The maximum Gasteiger partial charge on any atom is 0.292 e. The molecule has 6 nitrogen and oxygen atoms in total. The van der Waals surface area contributed by atoms with Gasteiger partial charge in [-0.1, -0.05) is 38.1 Å². The lowest BCUT2D eigenvalue weighted by molar-refractivity contribution is -0.383. The van der Waals surface area contributed by atoms with Crippen molar-refractivity contribution in [3.8, 4) is 5.75 Å². The van der Waals surface area contributed by atoms with E-state index in [1.807, 2.05) is 24.3 Å². The van der Waals surface area contributed by atoms with Crippen LogP contribution in [0.25, 0.3) is 0 Å². The molecule has 0 fully saturated rings. The van der Waals surface area contributed by atoms with Crippen LogP contribution in [0.1, 0.15) is 38.2 Å². The van der Waals surface area contributed by atoms with Crippen LogP contribution in [-0.2, 0) is 4.79 Å². The van der Waals surface area contributed by atoms with Gasteiger partial charge in [-0.15, -0.1) is 0 Å². The molecule has 1 amide bonds. The van der Waals surface area contributed by atoms with Crippen LogP contribution in [0.15, 0.2) is 48.5 Å². The fourth-order valence-electron chi connectivity index (χ4n) is 2.32. The molecule has 0 aliphatic heterocycles. The van der Waals surface area contributed by atoms with Crippen LogP contribution in [0, 0.1) is 10.1 Å². The maximum absolute atomic E-state index is 11.9. The van der Waals surface area contributed by atoms with E-state index < -0.39 is 4.92 Å². The zero-order valence-electron chi connectivity index (χ0n) is 14.4. The van der Waals surface area contributed by atoms with Gasteiger partial charge in [-0.25, -0.2) is 0 Å². The summed E-state index contributed by atoms with van der Waals surface area (Å²) in [5.41, 5.74) is 1.34. The Kier molecular flexibility index (Phi) is 6.51. The molecule has 0 spiro atoms. The molecule has 0 aromatic heterocycles. The van der Waals surface area contributed by atoms with Gasteiger partial charge in [0.25, 0.3) is 5.69 Å². The Morgan fingerprint density at radius 3 is 2.48 bits per heavy atom. The molecular weight excluding hydrogens is 320 g/mol. The Morgan fingerprint density at radius 2 is 1.84 bits per heavy atom. The first-order valence-corrected chi connectivity index (χ1v) is 8.23. The third kappa shape index (κ3) is 5.60. The van der Waals surface area contributed by atoms with Crippen LogP contribution in [0.3, 0.4) is 0 Å². The molecule has 6 heteroatoms. The van der Waals surface area contributed by atoms with Gasteiger partial charge in [-0.3, -0.25) is 14.9 Å². The highest BCUT2D eigenvalue weighted by molar-refractivity contribution is 5.92. The Bertz CT molecular complexity index is 726. The molecule has 0 unspecified atom stereocenters. The van der Waals surface area contributed by atoms with Crippen molar-refractivity contribution in [2.45, 2.75) is 32.6 Å².